The van der Waals surface area contributed by atoms with E-state index in [4.69, 9.17) is 23.2 Å². The van der Waals surface area contributed by atoms with Gasteiger partial charge in [0.25, 0.3) is 0 Å². The maximum atomic E-state index is 13.1. The van der Waals surface area contributed by atoms with Crippen molar-refractivity contribution in [1.82, 2.24) is 10.3 Å². The number of hydrogen-bond donors (Lipinski definition) is 1. The minimum atomic E-state index is -0.342. The second-order valence-electron chi connectivity index (χ2n) is 4.18. The Morgan fingerprint density at radius 2 is 2.05 bits per heavy atom. The summed E-state index contributed by atoms with van der Waals surface area (Å²) in [6, 6.07) is 6.24. The molecule has 2 rings (SSSR count). The molecule has 0 aliphatic heterocycles. The topological polar surface area (TPSA) is 24.9 Å². The Balaban J connectivity index is 2.28. The van der Waals surface area contributed by atoms with E-state index in [0.29, 0.717) is 16.5 Å². The highest BCUT2D eigenvalue weighted by atomic mass is 35.5. The quantitative estimate of drug-likeness (QED) is 0.922. The van der Waals surface area contributed by atoms with E-state index in [-0.39, 0.29) is 11.9 Å². The second-order valence-corrected chi connectivity index (χ2v) is 4.99. The molecule has 1 aromatic carbocycles. The van der Waals surface area contributed by atoms with Gasteiger partial charge in [-0.1, -0.05) is 29.3 Å². The van der Waals surface area contributed by atoms with Gasteiger partial charge in [0.15, 0.2) is 0 Å². The Hall–Kier alpha value is -1.16. The molecular weight excluding hydrogens is 286 g/mol. The van der Waals surface area contributed by atoms with Crippen LogP contribution in [0.3, 0.4) is 0 Å². The molecule has 100 valence electrons. The number of nitrogens with zero attached hydrogens (tertiary/aromatic N) is 1. The zero-order chi connectivity index (χ0) is 13.8. The number of hydrogen-bond acceptors (Lipinski definition) is 2. The van der Waals surface area contributed by atoms with Crippen LogP contribution in [0, 0.1) is 5.82 Å². The molecule has 5 heteroatoms. The molecule has 0 saturated heterocycles. The van der Waals surface area contributed by atoms with E-state index >= 15 is 0 Å². The fourth-order valence-electron chi connectivity index (χ4n) is 1.94. The van der Waals surface area contributed by atoms with Crippen molar-refractivity contribution in [3.8, 4) is 0 Å². The van der Waals surface area contributed by atoms with Crippen molar-refractivity contribution in [1.29, 1.82) is 0 Å². The van der Waals surface area contributed by atoms with E-state index in [2.05, 4.69) is 10.3 Å². The summed E-state index contributed by atoms with van der Waals surface area (Å²) in [5.41, 5.74) is 1.81. The number of pyridine rings is 1. The van der Waals surface area contributed by atoms with Gasteiger partial charge in [-0.2, -0.15) is 0 Å². The number of nitrogens with one attached hydrogen (secondary N) is 1. The average Bonchev–Trinajstić information content (AvgIpc) is 2.39. The number of likely N-dealkylation sites (N-methyl/N-ethyl adjacent to an activating group) is 1. The first-order chi connectivity index (χ1) is 9.11. The Bertz CT molecular complexity index is 575. The van der Waals surface area contributed by atoms with E-state index in [0.717, 1.165) is 11.1 Å². The maximum absolute atomic E-state index is 13.1. The van der Waals surface area contributed by atoms with Crippen LogP contribution in [0.2, 0.25) is 10.0 Å². The largest absolute Gasteiger partial charge is 0.313 e. The van der Waals surface area contributed by atoms with E-state index in [1.54, 1.807) is 18.5 Å². The molecule has 2 nitrogen and oxygen atoms in total. The summed E-state index contributed by atoms with van der Waals surface area (Å²) in [4.78, 5) is 3.95. The molecule has 1 atom stereocenters. The summed E-state index contributed by atoms with van der Waals surface area (Å²) in [6.45, 7) is 0. The molecule has 1 N–H and O–H groups in total. The van der Waals surface area contributed by atoms with Crippen LogP contribution in [0.25, 0.3) is 0 Å². The fourth-order valence-corrected chi connectivity index (χ4v) is 2.44. The molecule has 1 aromatic heterocycles. The van der Waals surface area contributed by atoms with Crippen LogP contribution in [0.4, 0.5) is 4.39 Å². The predicted octanol–water partition coefficient (Wildman–Crippen LogP) is 4.03. The molecule has 0 fully saturated rings. The van der Waals surface area contributed by atoms with E-state index in [9.17, 15) is 4.39 Å². The van der Waals surface area contributed by atoms with Crippen molar-refractivity contribution in [2.75, 3.05) is 7.05 Å². The second kappa shape index (κ2) is 6.33. The third-order valence-electron chi connectivity index (χ3n) is 2.97. The lowest BCUT2D eigenvalue weighted by Crippen LogP contribution is -2.19. The molecule has 2 aromatic rings. The Morgan fingerprint density at radius 3 is 2.68 bits per heavy atom. The predicted molar refractivity (Wildman–Crippen MR) is 76.2 cm³/mol. The fraction of sp³-hybridized carbons (Fsp3) is 0.214. The summed E-state index contributed by atoms with van der Waals surface area (Å²) >= 11 is 12.2. The van der Waals surface area contributed by atoms with Gasteiger partial charge in [-0.25, -0.2) is 4.39 Å². The third-order valence-corrected chi connectivity index (χ3v) is 3.63. The number of rotatable bonds is 4. The summed E-state index contributed by atoms with van der Waals surface area (Å²) in [5.74, 6) is -0.342. The van der Waals surface area contributed by atoms with Crippen molar-refractivity contribution in [2.45, 2.75) is 12.5 Å². The normalized spacial score (nSPS) is 12.4. The summed E-state index contributed by atoms with van der Waals surface area (Å²) in [6.07, 6.45) is 3.96. The molecule has 0 saturated carbocycles. The van der Waals surface area contributed by atoms with Gasteiger partial charge in [-0.3, -0.25) is 4.98 Å². The maximum Gasteiger partial charge on any atom is 0.124 e. The molecule has 19 heavy (non-hydrogen) atoms. The summed E-state index contributed by atoms with van der Waals surface area (Å²) in [7, 11) is 1.83. The van der Waals surface area contributed by atoms with Crippen LogP contribution in [0.5, 0.6) is 0 Å². The van der Waals surface area contributed by atoms with Crippen molar-refractivity contribution in [2.24, 2.45) is 0 Å². The van der Waals surface area contributed by atoms with Crippen LogP contribution in [-0.2, 0) is 6.42 Å². The van der Waals surface area contributed by atoms with Crippen molar-refractivity contribution >= 4 is 23.2 Å². The minimum Gasteiger partial charge on any atom is -0.313 e. The molecule has 0 bridgehead atoms. The third kappa shape index (κ3) is 3.44. The first-order valence-corrected chi connectivity index (χ1v) is 6.58. The zero-order valence-electron chi connectivity index (χ0n) is 10.3. The minimum absolute atomic E-state index is 0.0343. The van der Waals surface area contributed by atoms with E-state index < -0.39 is 0 Å². The lowest BCUT2D eigenvalue weighted by molar-refractivity contribution is 0.586. The van der Waals surface area contributed by atoms with Crippen LogP contribution in [-0.4, -0.2) is 12.0 Å². The van der Waals surface area contributed by atoms with Gasteiger partial charge in [-0.15, -0.1) is 0 Å². The highest BCUT2D eigenvalue weighted by Crippen LogP contribution is 2.28. The van der Waals surface area contributed by atoms with Gasteiger partial charge in [0.05, 0.1) is 5.02 Å². The van der Waals surface area contributed by atoms with Crippen LogP contribution in [0.1, 0.15) is 17.2 Å². The van der Waals surface area contributed by atoms with Gasteiger partial charge in [-0.05, 0) is 42.8 Å². The SMILES string of the molecule is CNC(Cc1ccncc1Cl)c1ccc(F)cc1Cl. The van der Waals surface area contributed by atoms with Crippen molar-refractivity contribution in [3.63, 3.8) is 0 Å². The highest BCUT2D eigenvalue weighted by Gasteiger charge is 2.15. The van der Waals surface area contributed by atoms with Crippen molar-refractivity contribution in [3.05, 3.63) is 63.6 Å². The Labute approximate surface area is 121 Å². The van der Waals surface area contributed by atoms with E-state index in [1.165, 1.54) is 12.1 Å². The first-order valence-electron chi connectivity index (χ1n) is 5.82. The highest BCUT2D eigenvalue weighted by molar-refractivity contribution is 6.31. The lowest BCUT2D eigenvalue weighted by atomic mass is 9.99. The number of aromatic nitrogens is 1. The number of halogens is 3. The van der Waals surface area contributed by atoms with Gasteiger partial charge in [0.1, 0.15) is 5.82 Å². The number of benzene rings is 1. The van der Waals surface area contributed by atoms with Gasteiger partial charge < -0.3 is 5.32 Å². The summed E-state index contributed by atoms with van der Waals surface area (Å²) in [5, 5.41) is 4.19. The van der Waals surface area contributed by atoms with Gasteiger partial charge in [0, 0.05) is 23.5 Å². The zero-order valence-corrected chi connectivity index (χ0v) is 11.8. The Kier molecular flexibility index (Phi) is 4.75. The van der Waals surface area contributed by atoms with Crippen LogP contribution < -0.4 is 5.32 Å². The molecular formula is C14H13Cl2FN2. The first kappa shape index (κ1) is 14.3. The monoisotopic (exact) mass is 298 g/mol. The standard InChI is InChI=1S/C14H13Cl2FN2/c1-18-14(6-9-4-5-19-8-13(9)16)11-3-2-10(17)7-12(11)15/h2-5,7-8,14,18H,6H2,1H3. The Morgan fingerprint density at radius 1 is 1.26 bits per heavy atom. The molecule has 0 radical (unpaired) electrons. The smallest absolute Gasteiger partial charge is 0.124 e. The van der Waals surface area contributed by atoms with Crippen LogP contribution >= 0.6 is 23.2 Å². The molecule has 0 aliphatic carbocycles. The van der Waals surface area contributed by atoms with E-state index in [1.807, 2.05) is 13.1 Å². The summed E-state index contributed by atoms with van der Waals surface area (Å²) < 4.78 is 13.1. The molecule has 0 aliphatic rings. The molecule has 1 heterocycles. The molecule has 0 amide bonds. The average molecular weight is 299 g/mol. The molecule has 1 unspecified atom stereocenters. The lowest BCUT2D eigenvalue weighted by Gasteiger charge is -2.18. The van der Waals surface area contributed by atoms with Crippen LogP contribution in [0.15, 0.2) is 36.7 Å². The van der Waals surface area contributed by atoms with Gasteiger partial charge >= 0.3 is 0 Å². The molecule has 0 spiro atoms. The van der Waals surface area contributed by atoms with Crippen molar-refractivity contribution < 1.29 is 4.39 Å². The van der Waals surface area contributed by atoms with Gasteiger partial charge in [0.2, 0.25) is 0 Å².